The zero-order valence-corrected chi connectivity index (χ0v) is 14.6. The molecule has 6 heteroatoms. The lowest BCUT2D eigenvalue weighted by Crippen LogP contribution is -2.31. The summed E-state index contributed by atoms with van der Waals surface area (Å²) >= 11 is 5.74. The van der Waals surface area contributed by atoms with Crippen molar-refractivity contribution in [1.29, 1.82) is 0 Å². The van der Waals surface area contributed by atoms with Gasteiger partial charge in [0.2, 0.25) is 0 Å². The summed E-state index contributed by atoms with van der Waals surface area (Å²) in [6, 6.07) is 11.8. The third kappa shape index (κ3) is 3.86. The average Bonchev–Trinajstić information content (AvgIpc) is 3.06. The van der Waals surface area contributed by atoms with Crippen LogP contribution in [0.1, 0.15) is 16.8 Å². The van der Waals surface area contributed by atoms with Gasteiger partial charge in [-0.2, -0.15) is 0 Å². The Kier molecular flexibility index (Phi) is 5.02. The van der Waals surface area contributed by atoms with E-state index in [0.717, 1.165) is 18.8 Å². The number of nitrogens with one attached hydrogen (secondary N) is 1. The van der Waals surface area contributed by atoms with Gasteiger partial charge in [0.05, 0.1) is 5.56 Å². The van der Waals surface area contributed by atoms with E-state index >= 15 is 0 Å². The van der Waals surface area contributed by atoms with Crippen molar-refractivity contribution in [3.63, 3.8) is 0 Å². The predicted molar refractivity (Wildman–Crippen MR) is 97.9 cm³/mol. The highest BCUT2D eigenvalue weighted by atomic mass is 35.5. The minimum atomic E-state index is -0.194. The Morgan fingerprint density at radius 2 is 2.00 bits per heavy atom. The Morgan fingerprint density at radius 3 is 2.58 bits per heavy atom. The molecule has 2 aromatic rings. The summed E-state index contributed by atoms with van der Waals surface area (Å²) in [6.45, 7) is 2.10. The molecule has 1 unspecified atom stereocenters. The van der Waals surface area contributed by atoms with Crippen molar-refractivity contribution < 1.29 is 4.79 Å². The molecule has 1 fully saturated rings. The van der Waals surface area contributed by atoms with E-state index in [9.17, 15) is 4.79 Å². The molecule has 1 aromatic heterocycles. The highest BCUT2D eigenvalue weighted by Crippen LogP contribution is 2.24. The van der Waals surface area contributed by atoms with E-state index in [1.54, 1.807) is 12.1 Å². The van der Waals surface area contributed by atoms with Crippen LogP contribution in [-0.2, 0) is 0 Å². The number of carbonyl (C=O) groups excluding carboxylic acids is 1. The van der Waals surface area contributed by atoms with Crippen LogP contribution in [0.5, 0.6) is 0 Å². The maximum atomic E-state index is 12.2. The Hall–Kier alpha value is -2.11. The van der Waals surface area contributed by atoms with Gasteiger partial charge < -0.3 is 15.1 Å². The van der Waals surface area contributed by atoms with Gasteiger partial charge in [0.15, 0.2) is 0 Å². The molecule has 24 heavy (non-hydrogen) atoms. The Morgan fingerprint density at radius 1 is 1.25 bits per heavy atom. The van der Waals surface area contributed by atoms with Gasteiger partial charge in [-0.05, 0) is 56.9 Å². The molecule has 3 rings (SSSR count). The summed E-state index contributed by atoms with van der Waals surface area (Å²) in [5.41, 5.74) is 2.43. The quantitative estimate of drug-likeness (QED) is 0.866. The Balaban J connectivity index is 1.62. The molecule has 1 atom stereocenters. The van der Waals surface area contributed by atoms with E-state index < -0.39 is 0 Å². The molecule has 1 amide bonds. The summed E-state index contributed by atoms with van der Waals surface area (Å²) in [5.74, 6) is -0.194. The van der Waals surface area contributed by atoms with E-state index in [-0.39, 0.29) is 5.91 Å². The first kappa shape index (κ1) is 16.7. The second-order valence-electron chi connectivity index (χ2n) is 6.22. The summed E-state index contributed by atoms with van der Waals surface area (Å²) in [5, 5.41) is 3.25. The van der Waals surface area contributed by atoms with Crippen molar-refractivity contribution >= 4 is 28.9 Å². The van der Waals surface area contributed by atoms with E-state index in [0.29, 0.717) is 16.8 Å². The van der Waals surface area contributed by atoms with Crippen LogP contribution >= 0.6 is 11.6 Å². The first-order chi connectivity index (χ1) is 11.5. The molecule has 1 N–H and O–H groups in total. The molecule has 2 heterocycles. The van der Waals surface area contributed by atoms with Crippen LogP contribution in [0.4, 0.5) is 11.4 Å². The number of anilines is 2. The molecule has 0 bridgehead atoms. The normalized spacial score (nSPS) is 17.3. The van der Waals surface area contributed by atoms with Gasteiger partial charge in [0.1, 0.15) is 5.15 Å². The number of benzene rings is 1. The summed E-state index contributed by atoms with van der Waals surface area (Å²) < 4.78 is 0. The van der Waals surface area contributed by atoms with Gasteiger partial charge >= 0.3 is 0 Å². The fourth-order valence-corrected chi connectivity index (χ4v) is 2.98. The first-order valence-electron chi connectivity index (χ1n) is 7.97. The van der Waals surface area contributed by atoms with Crippen LogP contribution in [0.15, 0.2) is 42.6 Å². The third-order valence-electron chi connectivity index (χ3n) is 4.37. The van der Waals surface area contributed by atoms with E-state index in [1.165, 1.54) is 18.3 Å². The number of hydrogen-bond acceptors (Lipinski definition) is 4. The van der Waals surface area contributed by atoms with E-state index in [4.69, 9.17) is 11.6 Å². The zero-order chi connectivity index (χ0) is 17.1. The summed E-state index contributed by atoms with van der Waals surface area (Å²) in [4.78, 5) is 20.7. The smallest absolute Gasteiger partial charge is 0.257 e. The molecule has 1 aromatic carbocycles. The fraction of sp³-hybridized carbons (Fsp3) is 0.333. The maximum Gasteiger partial charge on any atom is 0.257 e. The molecule has 0 radical (unpaired) electrons. The highest BCUT2D eigenvalue weighted by molar-refractivity contribution is 6.29. The van der Waals surface area contributed by atoms with Crippen LogP contribution in [-0.4, -0.2) is 49.0 Å². The second-order valence-corrected chi connectivity index (χ2v) is 6.61. The number of amides is 1. The van der Waals surface area contributed by atoms with Crippen LogP contribution < -0.4 is 10.2 Å². The van der Waals surface area contributed by atoms with Gasteiger partial charge in [-0.1, -0.05) is 11.6 Å². The molecule has 1 aliphatic heterocycles. The topological polar surface area (TPSA) is 48.5 Å². The molecule has 0 spiro atoms. The van der Waals surface area contributed by atoms with Gasteiger partial charge in [0, 0.05) is 36.7 Å². The number of likely N-dealkylation sites (N-methyl/N-ethyl adjacent to an activating group) is 1. The second kappa shape index (κ2) is 7.20. The molecular weight excluding hydrogens is 324 g/mol. The summed E-state index contributed by atoms with van der Waals surface area (Å²) in [7, 11) is 4.25. The van der Waals surface area contributed by atoms with E-state index in [2.05, 4.69) is 34.2 Å². The van der Waals surface area contributed by atoms with Crippen molar-refractivity contribution in [1.82, 2.24) is 9.88 Å². The lowest BCUT2D eigenvalue weighted by Gasteiger charge is -2.22. The minimum Gasteiger partial charge on any atom is -0.370 e. The maximum absolute atomic E-state index is 12.2. The van der Waals surface area contributed by atoms with Crippen LogP contribution in [0.3, 0.4) is 0 Å². The molecule has 0 saturated carbocycles. The van der Waals surface area contributed by atoms with Crippen molar-refractivity contribution in [3.8, 4) is 0 Å². The third-order valence-corrected chi connectivity index (χ3v) is 4.60. The molecule has 126 valence electrons. The largest absolute Gasteiger partial charge is 0.370 e. The molecule has 5 nitrogen and oxygen atoms in total. The average molecular weight is 345 g/mol. The highest BCUT2D eigenvalue weighted by Gasteiger charge is 2.23. The van der Waals surface area contributed by atoms with Gasteiger partial charge in [0.25, 0.3) is 5.91 Å². The number of aromatic nitrogens is 1. The zero-order valence-electron chi connectivity index (χ0n) is 13.9. The number of carbonyl (C=O) groups is 1. The number of rotatable bonds is 4. The lowest BCUT2D eigenvalue weighted by molar-refractivity contribution is 0.102. The van der Waals surface area contributed by atoms with Crippen molar-refractivity contribution in [3.05, 3.63) is 53.3 Å². The standard InChI is InChI=1S/C18H21ClN4O/c1-22(2)16-9-10-23(12-16)15-6-4-14(5-7-15)21-18(24)13-3-8-17(19)20-11-13/h3-8,11,16H,9-10,12H2,1-2H3,(H,21,24). The van der Waals surface area contributed by atoms with Crippen molar-refractivity contribution in [2.75, 3.05) is 37.4 Å². The van der Waals surface area contributed by atoms with Crippen molar-refractivity contribution in [2.24, 2.45) is 0 Å². The summed E-state index contributed by atoms with van der Waals surface area (Å²) in [6.07, 6.45) is 2.65. The van der Waals surface area contributed by atoms with Crippen LogP contribution in [0.2, 0.25) is 5.15 Å². The SMILES string of the molecule is CN(C)C1CCN(c2ccc(NC(=O)c3ccc(Cl)nc3)cc2)C1. The molecule has 1 aliphatic rings. The minimum absolute atomic E-state index is 0.194. The molecule has 0 aliphatic carbocycles. The number of halogens is 1. The number of pyridine rings is 1. The van der Waals surface area contributed by atoms with E-state index in [1.807, 2.05) is 24.3 Å². The van der Waals surface area contributed by atoms with Gasteiger partial charge in [-0.3, -0.25) is 4.79 Å². The Labute approximate surface area is 147 Å². The number of hydrogen-bond donors (Lipinski definition) is 1. The lowest BCUT2D eigenvalue weighted by atomic mass is 10.2. The van der Waals surface area contributed by atoms with Crippen LogP contribution in [0, 0.1) is 0 Å². The molecule has 1 saturated heterocycles. The first-order valence-corrected chi connectivity index (χ1v) is 8.35. The Bertz CT molecular complexity index is 700. The predicted octanol–water partition coefficient (Wildman–Crippen LogP) is 3.13. The van der Waals surface area contributed by atoms with Crippen molar-refractivity contribution in [2.45, 2.75) is 12.5 Å². The number of nitrogens with zero attached hydrogens (tertiary/aromatic N) is 3. The van der Waals surface area contributed by atoms with Gasteiger partial charge in [-0.25, -0.2) is 4.98 Å². The van der Waals surface area contributed by atoms with Crippen LogP contribution in [0.25, 0.3) is 0 Å². The molecular formula is C18H21ClN4O. The monoisotopic (exact) mass is 344 g/mol. The van der Waals surface area contributed by atoms with Gasteiger partial charge in [-0.15, -0.1) is 0 Å². The fourth-order valence-electron chi connectivity index (χ4n) is 2.87.